The molecular weight excluding hydrogens is 371 g/mol. The highest BCUT2D eigenvalue weighted by Gasteiger charge is 2.39. The van der Waals surface area contributed by atoms with Crippen LogP contribution in [0.2, 0.25) is 0 Å². The quantitative estimate of drug-likeness (QED) is 0.671. The number of hydrogen-bond acceptors (Lipinski definition) is 5. The molecule has 0 unspecified atom stereocenters. The van der Waals surface area contributed by atoms with Gasteiger partial charge >= 0.3 is 0 Å². The minimum atomic E-state index is -0.254. The van der Waals surface area contributed by atoms with Crippen LogP contribution in [0.4, 0.5) is 10.3 Å². The molecule has 2 aliphatic rings. The summed E-state index contributed by atoms with van der Waals surface area (Å²) in [5.41, 5.74) is 3.38. The second-order valence-electron chi connectivity index (χ2n) is 7.51. The van der Waals surface area contributed by atoms with E-state index in [1.165, 1.54) is 6.07 Å². The predicted octanol–water partition coefficient (Wildman–Crippen LogP) is 2.87. The van der Waals surface area contributed by atoms with Crippen molar-refractivity contribution in [2.24, 2.45) is 7.05 Å². The van der Waals surface area contributed by atoms with Crippen molar-refractivity contribution in [3.63, 3.8) is 0 Å². The molecule has 2 aromatic heterocycles. The highest BCUT2D eigenvalue weighted by atomic mass is 19.1. The van der Waals surface area contributed by atoms with E-state index in [0.717, 1.165) is 29.5 Å². The molecule has 1 fully saturated rings. The zero-order chi connectivity index (χ0) is 20.0. The molecule has 6 nitrogen and oxygen atoms in total. The number of pyridine rings is 1. The van der Waals surface area contributed by atoms with Crippen molar-refractivity contribution in [1.82, 2.24) is 14.5 Å². The molecule has 148 valence electrons. The molecule has 3 aromatic rings. The van der Waals surface area contributed by atoms with Gasteiger partial charge in [-0.25, -0.2) is 9.37 Å². The Kier molecular flexibility index (Phi) is 4.39. The summed E-state index contributed by atoms with van der Waals surface area (Å²) in [6, 6.07) is 10.2. The predicted molar refractivity (Wildman–Crippen MR) is 107 cm³/mol. The van der Waals surface area contributed by atoms with Gasteiger partial charge in [0, 0.05) is 37.6 Å². The molecule has 2 atom stereocenters. The Morgan fingerprint density at radius 1 is 1.17 bits per heavy atom. The molecule has 1 aliphatic heterocycles. The Labute approximate surface area is 167 Å². The summed E-state index contributed by atoms with van der Waals surface area (Å²) in [4.78, 5) is 23.7. The van der Waals surface area contributed by atoms with Crippen LogP contribution in [0.25, 0.3) is 11.3 Å². The van der Waals surface area contributed by atoms with Crippen LogP contribution in [-0.4, -0.2) is 33.7 Å². The van der Waals surface area contributed by atoms with Crippen LogP contribution in [0.3, 0.4) is 0 Å². The molecule has 0 saturated carbocycles. The van der Waals surface area contributed by atoms with Gasteiger partial charge in [-0.05, 0) is 48.2 Å². The lowest BCUT2D eigenvalue weighted by Crippen LogP contribution is -2.51. The molecule has 0 spiro atoms. The van der Waals surface area contributed by atoms with Crippen molar-refractivity contribution in [1.29, 1.82) is 0 Å². The Morgan fingerprint density at radius 3 is 2.83 bits per heavy atom. The molecule has 3 heterocycles. The van der Waals surface area contributed by atoms with E-state index in [0.29, 0.717) is 24.8 Å². The summed E-state index contributed by atoms with van der Waals surface area (Å²) in [5, 5.41) is 0. The summed E-state index contributed by atoms with van der Waals surface area (Å²) < 4.78 is 21.5. The third kappa shape index (κ3) is 3.11. The maximum Gasteiger partial charge on any atom is 0.255 e. The largest absolute Gasteiger partial charge is 0.370 e. The Balaban J connectivity index is 1.58. The second kappa shape index (κ2) is 7.08. The van der Waals surface area contributed by atoms with Crippen LogP contribution >= 0.6 is 0 Å². The first-order valence-electron chi connectivity index (χ1n) is 9.77. The molecule has 5 rings (SSSR count). The van der Waals surface area contributed by atoms with Gasteiger partial charge in [-0.2, -0.15) is 0 Å². The minimum absolute atomic E-state index is 0.00356. The van der Waals surface area contributed by atoms with Gasteiger partial charge in [0.15, 0.2) is 0 Å². The Morgan fingerprint density at radius 2 is 2.00 bits per heavy atom. The maximum absolute atomic E-state index is 13.9. The number of benzene rings is 1. The van der Waals surface area contributed by atoms with Crippen molar-refractivity contribution in [3.8, 4) is 11.3 Å². The smallest absolute Gasteiger partial charge is 0.255 e. The van der Waals surface area contributed by atoms with Gasteiger partial charge in [-0.15, -0.1) is 0 Å². The van der Waals surface area contributed by atoms with E-state index in [9.17, 15) is 9.18 Å². The third-order valence-electron chi connectivity index (χ3n) is 5.85. The first-order chi connectivity index (χ1) is 14.1. The van der Waals surface area contributed by atoms with E-state index in [2.05, 4.69) is 9.88 Å². The molecule has 1 aliphatic carbocycles. The van der Waals surface area contributed by atoms with E-state index in [-0.39, 0.29) is 23.5 Å². The lowest BCUT2D eigenvalue weighted by Gasteiger charge is -2.45. The normalized spacial score (nSPS) is 20.8. The number of ether oxygens (including phenoxy) is 1. The van der Waals surface area contributed by atoms with Crippen molar-refractivity contribution in [3.05, 3.63) is 76.1 Å². The molecule has 1 aromatic carbocycles. The highest BCUT2D eigenvalue weighted by Crippen LogP contribution is 2.39. The number of anilines is 1. The SMILES string of the molecule is Cn1c(N2CCO[C@@H]3c4cc(F)ccc4CC[C@H]32)nc(-c2ccncc2)cc1=O. The summed E-state index contributed by atoms with van der Waals surface area (Å²) in [6.45, 7) is 1.12. The lowest BCUT2D eigenvalue weighted by atomic mass is 9.84. The Bertz CT molecular complexity index is 1120. The van der Waals surface area contributed by atoms with Crippen molar-refractivity contribution in [2.75, 3.05) is 18.1 Å². The Hall–Kier alpha value is -3.06. The molecule has 0 bridgehead atoms. The minimum Gasteiger partial charge on any atom is -0.370 e. The fourth-order valence-electron chi connectivity index (χ4n) is 4.39. The topological polar surface area (TPSA) is 60.2 Å². The van der Waals surface area contributed by atoms with Crippen LogP contribution in [0, 0.1) is 5.82 Å². The molecular formula is C22H21FN4O2. The van der Waals surface area contributed by atoms with E-state index in [1.54, 1.807) is 36.1 Å². The molecule has 0 amide bonds. The van der Waals surface area contributed by atoms with Crippen LogP contribution in [-0.2, 0) is 18.2 Å². The summed E-state index contributed by atoms with van der Waals surface area (Å²) in [5.74, 6) is 0.359. The molecule has 0 radical (unpaired) electrons. The standard InChI is InChI=1S/C22H21FN4O2/c1-26-20(28)13-18(15-6-8-24-9-7-15)25-22(26)27-10-11-29-21-17-12-16(23)4-2-14(17)3-5-19(21)27/h2,4,6-9,12-13,19,21H,3,5,10-11H2,1H3/t19-,21-/m1/s1. The van der Waals surface area contributed by atoms with Crippen molar-refractivity contribution in [2.45, 2.75) is 25.0 Å². The highest BCUT2D eigenvalue weighted by molar-refractivity contribution is 5.59. The zero-order valence-corrected chi connectivity index (χ0v) is 16.1. The summed E-state index contributed by atoms with van der Waals surface area (Å²) >= 11 is 0. The first-order valence-corrected chi connectivity index (χ1v) is 9.77. The van der Waals surface area contributed by atoms with Gasteiger partial charge < -0.3 is 9.64 Å². The number of morpholine rings is 1. The number of aromatic nitrogens is 3. The number of aryl methyl sites for hydroxylation is 1. The molecule has 7 heteroatoms. The van der Waals surface area contributed by atoms with Gasteiger partial charge in [0.05, 0.1) is 18.3 Å². The van der Waals surface area contributed by atoms with Crippen LogP contribution in [0.15, 0.2) is 53.6 Å². The zero-order valence-electron chi connectivity index (χ0n) is 16.1. The number of fused-ring (bicyclic) bond motifs is 3. The fourth-order valence-corrected chi connectivity index (χ4v) is 4.39. The number of rotatable bonds is 2. The van der Waals surface area contributed by atoms with Gasteiger partial charge in [0.2, 0.25) is 5.95 Å². The average Bonchev–Trinajstić information content (AvgIpc) is 2.75. The fraction of sp³-hybridized carbons (Fsp3) is 0.318. The van der Waals surface area contributed by atoms with Crippen LogP contribution in [0.1, 0.15) is 23.7 Å². The van der Waals surface area contributed by atoms with E-state index in [1.807, 2.05) is 18.2 Å². The number of nitrogens with zero attached hydrogens (tertiary/aromatic N) is 4. The van der Waals surface area contributed by atoms with Gasteiger partial charge in [0.25, 0.3) is 5.56 Å². The number of halogens is 1. The second-order valence-corrected chi connectivity index (χ2v) is 7.51. The lowest BCUT2D eigenvalue weighted by molar-refractivity contribution is 0.00157. The van der Waals surface area contributed by atoms with Gasteiger partial charge in [-0.1, -0.05) is 6.07 Å². The van der Waals surface area contributed by atoms with Crippen LogP contribution < -0.4 is 10.5 Å². The maximum atomic E-state index is 13.9. The molecule has 0 N–H and O–H groups in total. The van der Waals surface area contributed by atoms with E-state index < -0.39 is 0 Å². The molecule has 1 saturated heterocycles. The van der Waals surface area contributed by atoms with E-state index >= 15 is 0 Å². The molecule has 29 heavy (non-hydrogen) atoms. The van der Waals surface area contributed by atoms with Crippen LogP contribution in [0.5, 0.6) is 0 Å². The van der Waals surface area contributed by atoms with Gasteiger partial charge in [-0.3, -0.25) is 14.3 Å². The third-order valence-corrected chi connectivity index (χ3v) is 5.85. The first kappa shape index (κ1) is 18.0. The summed E-state index contributed by atoms with van der Waals surface area (Å²) in [7, 11) is 1.74. The van der Waals surface area contributed by atoms with E-state index in [4.69, 9.17) is 9.72 Å². The average molecular weight is 392 g/mol. The number of hydrogen-bond donors (Lipinski definition) is 0. The van der Waals surface area contributed by atoms with Crippen molar-refractivity contribution < 1.29 is 9.13 Å². The monoisotopic (exact) mass is 392 g/mol. The van der Waals surface area contributed by atoms with Gasteiger partial charge in [0.1, 0.15) is 11.9 Å². The van der Waals surface area contributed by atoms with Crippen molar-refractivity contribution >= 4 is 5.95 Å². The summed E-state index contributed by atoms with van der Waals surface area (Å²) in [6.07, 6.45) is 4.84.